The predicted octanol–water partition coefficient (Wildman–Crippen LogP) is 4.06. The molecular formula is C16H13Cl2NO3. The Balaban J connectivity index is 1.91. The first kappa shape index (κ1) is 15.0. The number of amides is 1. The second-order valence-corrected chi connectivity index (χ2v) is 5.84. The number of carbonyl (C=O) groups excluding carboxylic acids is 1. The van der Waals surface area contributed by atoms with Gasteiger partial charge in [-0.2, -0.15) is 0 Å². The smallest absolute Gasteiger partial charge is 0.404 e. The van der Waals surface area contributed by atoms with E-state index in [2.05, 4.69) is 0 Å². The lowest BCUT2D eigenvalue weighted by Crippen LogP contribution is -2.25. The van der Waals surface area contributed by atoms with E-state index in [0.717, 1.165) is 22.4 Å². The average molecular weight is 338 g/mol. The van der Waals surface area contributed by atoms with Crippen LogP contribution < -0.4 is 10.5 Å². The highest BCUT2D eigenvalue weighted by molar-refractivity contribution is 6.36. The van der Waals surface area contributed by atoms with Gasteiger partial charge in [-0.15, -0.1) is 0 Å². The molecule has 1 heterocycles. The van der Waals surface area contributed by atoms with E-state index < -0.39 is 6.09 Å². The summed E-state index contributed by atoms with van der Waals surface area (Å²) in [7, 11) is 0. The van der Waals surface area contributed by atoms with E-state index in [1.165, 1.54) is 0 Å². The van der Waals surface area contributed by atoms with E-state index in [4.69, 9.17) is 38.4 Å². The van der Waals surface area contributed by atoms with Gasteiger partial charge in [-0.05, 0) is 17.7 Å². The molecule has 1 amide bonds. The third-order valence-corrected chi connectivity index (χ3v) is 4.01. The van der Waals surface area contributed by atoms with Crippen LogP contribution in [-0.4, -0.2) is 18.8 Å². The molecule has 114 valence electrons. The lowest BCUT2D eigenvalue weighted by atomic mass is 10.0. The van der Waals surface area contributed by atoms with Gasteiger partial charge in [0.2, 0.25) is 0 Å². The zero-order valence-corrected chi connectivity index (χ0v) is 13.0. The molecule has 4 nitrogen and oxygen atoms in total. The first-order chi connectivity index (χ1) is 10.5. The minimum atomic E-state index is -0.805. The number of halogens is 2. The molecule has 0 radical (unpaired) electrons. The maximum atomic E-state index is 10.7. The molecule has 0 spiro atoms. The van der Waals surface area contributed by atoms with Crippen LogP contribution in [0.25, 0.3) is 11.1 Å². The highest BCUT2D eigenvalue weighted by atomic mass is 35.5. The number of hydrogen-bond acceptors (Lipinski definition) is 3. The Morgan fingerprint density at radius 3 is 2.82 bits per heavy atom. The minimum absolute atomic E-state index is 0.123. The van der Waals surface area contributed by atoms with Crippen LogP contribution in [0.5, 0.6) is 5.75 Å². The second-order valence-electron chi connectivity index (χ2n) is 4.99. The Morgan fingerprint density at radius 1 is 1.27 bits per heavy atom. The number of primary amides is 1. The van der Waals surface area contributed by atoms with Crippen LogP contribution in [0, 0.1) is 0 Å². The number of ether oxygens (including phenoxy) is 2. The lowest BCUT2D eigenvalue weighted by Gasteiger charge is -2.13. The minimum Gasteiger partial charge on any atom is -0.486 e. The summed E-state index contributed by atoms with van der Waals surface area (Å²) in [5.41, 5.74) is 7.76. The third-order valence-electron chi connectivity index (χ3n) is 3.46. The van der Waals surface area contributed by atoms with E-state index in [1.807, 2.05) is 24.3 Å². The van der Waals surface area contributed by atoms with Crippen molar-refractivity contribution in [3.05, 3.63) is 52.0 Å². The fourth-order valence-corrected chi connectivity index (χ4v) is 3.04. The lowest BCUT2D eigenvalue weighted by molar-refractivity contribution is 0.0991. The largest absolute Gasteiger partial charge is 0.486 e. The maximum Gasteiger partial charge on any atom is 0.404 e. The summed E-state index contributed by atoms with van der Waals surface area (Å²) in [6.07, 6.45) is -0.392. The Bertz CT molecular complexity index is 733. The maximum absolute atomic E-state index is 10.7. The molecule has 2 aromatic carbocycles. The summed E-state index contributed by atoms with van der Waals surface area (Å²) in [4.78, 5) is 10.7. The SMILES string of the molecule is NC(=O)OCC1Cc2cccc(-c3ccc(Cl)cc3Cl)c2O1. The van der Waals surface area contributed by atoms with Gasteiger partial charge in [-0.25, -0.2) is 4.79 Å². The summed E-state index contributed by atoms with van der Waals surface area (Å²) in [6, 6.07) is 11.2. The monoisotopic (exact) mass is 337 g/mol. The molecule has 22 heavy (non-hydrogen) atoms. The van der Waals surface area contributed by atoms with Gasteiger partial charge in [0, 0.05) is 22.6 Å². The van der Waals surface area contributed by atoms with Gasteiger partial charge in [0.15, 0.2) is 0 Å². The van der Waals surface area contributed by atoms with Crippen LogP contribution in [0.4, 0.5) is 4.79 Å². The molecule has 1 aliphatic rings. The molecule has 2 aromatic rings. The molecule has 0 fully saturated rings. The van der Waals surface area contributed by atoms with Gasteiger partial charge in [0.1, 0.15) is 18.5 Å². The Kier molecular flexibility index (Phi) is 4.14. The number of fused-ring (bicyclic) bond motifs is 1. The standard InChI is InChI=1S/C16H13Cl2NO3/c17-10-4-5-12(14(18)7-10)13-3-1-2-9-6-11(22-15(9)13)8-21-16(19)20/h1-5,7,11H,6,8H2,(H2,19,20). The molecular weight excluding hydrogens is 325 g/mol. The normalized spacial score (nSPS) is 16.0. The quantitative estimate of drug-likeness (QED) is 0.918. The van der Waals surface area contributed by atoms with Crippen LogP contribution in [0.2, 0.25) is 10.0 Å². The van der Waals surface area contributed by atoms with Crippen molar-refractivity contribution in [1.29, 1.82) is 0 Å². The highest BCUT2D eigenvalue weighted by Crippen LogP contribution is 2.41. The zero-order valence-electron chi connectivity index (χ0n) is 11.5. The molecule has 0 saturated carbocycles. The van der Waals surface area contributed by atoms with E-state index in [9.17, 15) is 4.79 Å². The van der Waals surface area contributed by atoms with E-state index in [1.54, 1.807) is 12.1 Å². The van der Waals surface area contributed by atoms with Crippen molar-refractivity contribution in [1.82, 2.24) is 0 Å². The molecule has 0 aliphatic carbocycles. The van der Waals surface area contributed by atoms with Gasteiger partial charge in [-0.3, -0.25) is 0 Å². The summed E-state index contributed by atoms with van der Waals surface area (Å²) in [5.74, 6) is 0.754. The second kappa shape index (κ2) is 6.07. The summed E-state index contributed by atoms with van der Waals surface area (Å²) in [6.45, 7) is 0.123. The van der Waals surface area contributed by atoms with Crippen molar-refractivity contribution in [3.8, 4) is 16.9 Å². The van der Waals surface area contributed by atoms with Crippen molar-refractivity contribution in [3.63, 3.8) is 0 Å². The van der Waals surface area contributed by atoms with Gasteiger partial charge in [0.05, 0.1) is 5.02 Å². The molecule has 0 bridgehead atoms. The predicted molar refractivity (Wildman–Crippen MR) is 85.6 cm³/mol. The average Bonchev–Trinajstić information content (AvgIpc) is 2.88. The molecule has 0 aromatic heterocycles. The number of rotatable bonds is 3. The molecule has 2 N–H and O–H groups in total. The van der Waals surface area contributed by atoms with Crippen LogP contribution in [0.3, 0.4) is 0 Å². The van der Waals surface area contributed by atoms with Gasteiger partial charge in [-0.1, -0.05) is 47.5 Å². The molecule has 1 atom stereocenters. The van der Waals surface area contributed by atoms with Crippen LogP contribution in [0.1, 0.15) is 5.56 Å². The summed E-state index contributed by atoms with van der Waals surface area (Å²) < 4.78 is 10.7. The number of carbonyl (C=O) groups is 1. The van der Waals surface area contributed by atoms with Crippen molar-refractivity contribution >= 4 is 29.3 Å². The van der Waals surface area contributed by atoms with Gasteiger partial charge < -0.3 is 15.2 Å². The van der Waals surface area contributed by atoms with E-state index >= 15 is 0 Å². The Hall–Kier alpha value is -1.91. The fourth-order valence-electron chi connectivity index (χ4n) is 2.53. The van der Waals surface area contributed by atoms with Crippen LogP contribution >= 0.6 is 23.2 Å². The zero-order chi connectivity index (χ0) is 15.7. The highest BCUT2D eigenvalue weighted by Gasteiger charge is 2.27. The number of hydrogen-bond donors (Lipinski definition) is 1. The van der Waals surface area contributed by atoms with Crippen molar-refractivity contribution in [2.75, 3.05) is 6.61 Å². The molecule has 6 heteroatoms. The summed E-state index contributed by atoms with van der Waals surface area (Å²) >= 11 is 12.2. The number of nitrogens with two attached hydrogens (primary N) is 1. The van der Waals surface area contributed by atoms with E-state index in [0.29, 0.717) is 16.5 Å². The first-order valence-corrected chi connectivity index (χ1v) is 7.46. The number of benzene rings is 2. The summed E-state index contributed by atoms with van der Waals surface area (Å²) in [5, 5.41) is 1.14. The fraction of sp³-hybridized carbons (Fsp3) is 0.188. The Labute approximate surface area is 137 Å². The van der Waals surface area contributed by atoms with Crippen molar-refractivity contribution in [2.24, 2.45) is 5.73 Å². The van der Waals surface area contributed by atoms with Crippen molar-refractivity contribution < 1.29 is 14.3 Å². The van der Waals surface area contributed by atoms with Gasteiger partial charge >= 0.3 is 6.09 Å². The van der Waals surface area contributed by atoms with Crippen LogP contribution in [-0.2, 0) is 11.2 Å². The van der Waals surface area contributed by atoms with E-state index in [-0.39, 0.29) is 12.7 Å². The van der Waals surface area contributed by atoms with Crippen LogP contribution in [0.15, 0.2) is 36.4 Å². The third kappa shape index (κ3) is 2.98. The molecule has 3 rings (SSSR count). The number of para-hydroxylation sites is 1. The molecule has 1 aliphatic heterocycles. The Morgan fingerprint density at radius 2 is 2.09 bits per heavy atom. The van der Waals surface area contributed by atoms with Crippen molar-refractivity contribution in [2.45, 2.75) is 12.5 Å². The van der Waals surface area contributed by atoms with Gasteiger partial charge in [0.25, 0.3) is 0 Å². The molecule has 1 unspecified atom stereocenters. The topological polar surface area (TPSA) is 61.6 Å². The first-order valence-electron chi connectivity index (χ1n) is 6.71. The molecule has 0 saturated heterocycles.